The van der Waals surface area contributed by atoms with Gasteiger partial charge in [-0.2, -0.15) is 0 Å². The van der Waals surface area contributed by atoms with Gasteiger partial charge in [0.15, 0.2) is 6.10 Å². The predicted octanol–water partition coefficient (Wildman–Crippen LogP) is 15.0. The van der Waals surface area contributed by atoms with Crippen molar-refractivity contribution in [1.82, 2.24) is 0 Å². The zero-order valence-electron chi connectivity index (χ0n) is 42.0. The minimum Gasteiger partial charge on any atom is -0.756 e. The Labute approximate surface area is 394 Å². The van der Waals surface area contributed by atoms with E-state index in [1.807, 2.05) is 21.1 Å². The molecule has 372 valence electrons. The number of hydrogen-bond donors (Lipinski definition) is 0. The molecule has 0 fully saturated rings. The van der Waals surface area contributed by atoms with Gasteiger partial charge in [0.05, 0.1) is 27.7 Å². The minimum absolute atomic E-state index is 0.0328. The molecule has 0 N–H and O–H groups in total. The Hall–Kier alpha value is -2.29. The summed E-state index contributed by atoms with van der Waals surface area (Å²) in [6.07, 6.45) is 57.0. The number of ether oxygens (including phenoxy) is 2. The van der Waals surface area contributed by atoms with Gasteiger partial charge in [-0.1, -0.05) is 197 Å². The molecule has 0 aromatic carbocycles. The van der Waals surface area contributed by atoms with E-state index in [2.05, 4.69) is 74.6 Å². The normalized spacial score (nSPS) is 13.9. The first kappa shape index (κ1) is 61.7. The van der Waals surface area contributed by atoms with Gasteiger partial charge in [0, 0.05) is 12.8 Å². The van der Waals surface area contributed by atoms with Crippen LogP contribution in [0.15, 0.2) is 60.8 Å². The van der Waals surface area contributed by atoms with Crippen LogP contribution in [0.1, 0.15) is 219 Å². The van der Waals surface area contributed by atoms with Crippen molar-refractivity contribution >= 4 is 19.8 Å². The number of rotatable bonds is 47. The highest BCUT2D eigenvalue weighted by molar-refractivity contribution is 7.45. The van der Waals surface area contributed by atoms with E-state index in [4.69, 9.17) is 18.5 Å². The van der Waals surface area contributed by atoms with E-state index in [1.54, 1.807) is 0 Å². The Kier molecular flexibility index (Phi) is 44.2. The fourth-order valence-electron chi connectivity index (χ4n) is 6.98. The third-order valence-corrected chi connectivity index (χ3v) is 12.0. The molecular weight excluding hydrogens is 822 g/mol. The Bertz CT molecular complexity index is 1270. The first-order chi connectivity index (χ1) is 31.0. The van der Waals surface area contributed by atoms with Crippen molar-refractivity contribution in [3.05, 3.63) is 60.8 Å². The summed E-state index contributed by atoms with van der Waals surface area (Å²) < 4.78 is 34.0. The van der Waals surface area contributed by atoms with Crippen LogP contribution in [0.4, 0.5) is 0 Å². The van der Waals surface area contributed by atoms with E-state index >= 15 is 0 Å². The van der Waals surface area contributed by atoms with Crippen LogP contribution in [0.3, 0.4) is 0 Å². The molecule has 0 aromatic rings. The summed E-state index contributed by atoms with van der Waals surface area (Å²) in [6, 6.07) is 0. The summed E-state index contributed by atoms with van der Waals surface area (Å²) >= 11 is 0. The van der Waals surface area contributed by atoms with Gasteiger partial charge in [-0.05, 0) is 70.6 Å². The van der Waals surface area contributed by atoms with Gasteiger partial charge in [0.2, 0.25) is 0 Å². The minimum atomic E-state index is -4.63. The highest BCUT2D eigenvalue weighted by Crippen LogP contribution is 2.38. The van der Waals surface area contributed by atoms with Crippen molar-refractivity contribution in [3.8, 4) is 0 Å². The van der Waals surface area contributed by atoms with Crippen LogP contribution in [-0.4, -0.2) is 70.0 Å². The van der Waals surface area contributed by atoms with Crippen molar-refractivity contribution < 1.29 is 42.1 Å². The lowest BCUT2D eigenvalue weighted by atomic mass is 10.0. The lowest BCUT2D eigenvalue weighted by Gasteiger charge is -2.28. The third kappa shape index (κ3) is 49.2. The SMILES string of the molecule is CC/C=C\C/C=C\C/C=C\C/C=C\CCCCCCCCCCCCCCCCCCC(=O)OC(COC(=O)CCCCCCC/C=C\CCCC)COP(=O)([O-])OCC[N+](C)(C)C. The molecule has 0 aliphatic carbocycles. The fourth-order valence-corrected chi connectivity index (χ4v) is 7.71. The standard InChI is InChI=1S/C54H98NO8P/c1-6-8-10-12-14-16-18-19-20-21-22-23-24-25-26-27-28-29-30-31-32-33-34-35-37-39-41-43-45-47-54(57)63-52(51-62-64(58,59)61-49-48-55(3,4)5)50-60-53(56)46-44-42-40-38-36-17-15-13-11-9-7-2/h8,10,13-16,19-20,22-23,52H,6-7,9,11-12,17-18,21,24-51H2,1-5H3/b10-8-,15-13-,16-14-,20-19-,23-22-. The van der Waals surface area contributed by atoms with Crippen molar-refractivity contribution in [2.75, 3.05) is 47.5 Å². The first-order valence-corrected chi connectivity index (χ1v) is 27.5. The number of phosphoric acid groups is 1. The maximum atomic E-state index is 12.7. The summed E-state index contributed by atoms with van der Waals surface area (Å²) in [4.78, 5) is 37.6. The van der Waals surface area contributed by atoms with Gasteiger partial charge in [-0.25, -0.2) is 0 Å². The van der Waals surface area contributed by atoms with Crippen LogP contribution in [0.2, 0.25) is 0 Å². The van der Waals surface area contributed by atoms with E-state index in [0.29, 0.717) is 17.4 Å². The highest BCUT2D eigenvalue weighted by atomic mass is 31.2. The molecule has 0 amide bonds. The van der Waals surface area contributed by atoms with Crippen molar-refractivity contribution in [2.24, 2.45) is 0 Å². The van der Waals surface area contributed by atoms with E-state index in [9.17, 15) is 19.0 Å². The second kappa shape index (κ2) is 45.8. The van der Waals surface area contributed by atoms with E-state index in [0.717, 1.165) is 89.9 Å². The van der Waals surface area contributed by atoms with Crippen LogP contribution >= 0.6 is 7.82 Å². The summed E-state index contributed by atoms with van der Waals surface area (Å²) in [5, 5.41) is 0. The third-order valence-electron chi connectivity index (χ3n) is 11.0. The molecule has 0 bridgehead atoms. The maximum Gasteiger partial charge on any atom is 0.306 e. The number of phosphoric ester groups is 1. The number of hydrogen-bond acceptors (Lipinski definition) is 8. The quantitative estimate of drug-likeness (QED) is 0.0195. The molecule has 64 heavy (non-hydrogen) atoms. The second-order valence-electron chi connectivity index (χ2n) is 18.5. The largest absolute Gasteiger partial charge is 0.756 e. The van der Waals surface area contributed by atoms with E-state index in [1.165, 1.54) is 96.3 Å². The van der Waals surface area contributed by atoms with E-state index in [-0.39, 0.29) is 26.1 Å². The summed E-state index contributed by atoms with van der Waals surface area (Å²) in [5.74, 6) is -0.843. The number of likely N-dealkylation sites (N-methyl/N-ethyl adjacent to an activating group) is 1. The van der Waals surface area contributed by atoms with Crippen molar-refractivity contribution in [3.63, 3.8) is 0 Å². The molecule has 0 radical (unpaired) electrons. The van der Waals surface area contributed by atoms with Gasteiger partial charge in [-0.3, -0.25) is 14.2 Å². The number of allylic oxidation sites excluding steroid dienone is 10. The number of carbonyl (C=O) groups is 2. The number of carbonyl (C=O) groups excluding carboxylic acids is 2. The van der Waals surface area contributed by atoms with Crippen molar-refractivity contribution in [2.45, 2.75) is 225 Å². The monoisotopic (exact) mass is 920 g/mol. The lowest BCUT2D eigenvalue weighted by Crippen LogP contribution is -2.37. The zero-order valence-corrected chi connectivity index (χ0v) is 42.9. The molecule has 10 heteroatoms. The van der Waals surface area contributed by atoms with Crippen molar-refractivity contribution in [1.29, 1.82) is 0 Å². The summed E-state index contributed by atoms with van der Waals surface area (Å²) in [7, 11) is 1.16. The molecule has 0 aromatic heterocycles. The fraction of sp³-hybridized carbons (Fsp3) is 0.778. The van der Waals surface area contributed by atoms with Crippen LogP contribution in [0.5, 0.6) is 0 Å². The van der Waals surface area contributed by atoms with Gasteiger partial charge in [0.1, 0.15) is 19.8 Å². The lowest BCUT2D eigenvalue weighted by molar-refractivity contribution is -0.870. The molecule has 0 rings (SSSR count). The first-order valence-electron chi connectivity index (χ1n) is 26.0. The molecule has 2 atom stereocenters. The topological polar surface area (TPSA) is 111 Å². The number of quaternary nitrogens is 1. The second-order valence-corrected chi connectivity index (χ2v) is 19.9. The summed E-state index contributed by atoms with van der Waals surface area (Å²) in [5.41, 5.74) is 0. The van der Waals surface area contributed by atoms with Gasteiger partial charge in [0.25, 0.3) is 7.82 Å². The summed E-state index contributed by atoms with van der Waals surface area (Å²) in [6.45, 7) is 4.08. The van der Waals surface area contributed by atoms with Gasteiger partial charge in [-0.15, -0.1) is 0 Å². The number of esters is 2. The van der Waals surface area contributed by atoms with E-state index < -0.39 is 32.5 Å². The molecule has 0 spiro atoms. The average Bonchev–Trinajstić information content (AvgIpc) is 3.25. The predicted molar refractivity (Wildman–Crippen MR) is 268 cm³/mol. The highest BCUT2D eigenvalue weighted by Gasteiger charge is 2.21. The van der Waals surface area contributed by atoms with Crippen LogP contribution in [0, 0.1) is 0 Å². The van der Waals surface area contributed by atoms with Gasteiger partial charge >= 0.3 is 11.9 Å². The van der Waals surface area contributed by atoms with Crippen LogP contribution < -0.4 is 4.89 Å². The van der Waals surface area contributed by atoms with Gasteiger partial charge < -0.3 is 27.9 Å². The van der Waals surface area contributed by atoms with Crippen LogP contribution in [-0.2, 0) is 32.7 Å². The Balaban J connectivity index is 4.08. The Morgan fingerprint density at radius 2 is 0.891 bits per heavy atom. The number of unbranched alkanes of at least 4 members (excludes halogenated alkanes) is 23. The maximum absolute atomic E-state index is 12.7. The smallest absolute Gasteiger partial charge is 0.306 e. The molecule has 2 unspecified atom stereocenters. The zero-order chi connectivity index (χ0) is 47.1. The Morgan fingerprint density at radius 1 is 0.500 bits per heavy atom. The molecule has 0 heterocycles. The van der Waals surface area contributed by atoms with Crippen LogP contribution in [0.25, 0.3) is 0 Å². The molecular formula is C54H98NO8P. The average molecular weight is 920 g/mol. The molecule has 0 aliphatic rings. The number of nitrogens with zero attached hydrogens (tertiary/aromatic N) is 1. The molecule has 0 saturated heterocycles. The Morgan fingerprint density at radius 3 is 1.34 bits per heavy atom. The molecule has 0 saturated carbocycles. The molecule has 9 nitrogen and oxygen atoms in total. The molecule has 0 aliphatic heterocycles.